The van der Waals surface area contributed by atoms with Gasteiger partial charge in [0, 0.05) is 0 Å². The molecule has 2 aliphatic rings. The van der Waals surface area contributed by atoms with E-state index >= 15 is 0 Å². The zero-order chi connectivity index (χ0) is 21.2. The summed E-state index contributed by atoms with van der Waals surface area (Å²) < 4.78 is 33.8. The predicted octanol–water partition coefficient (Wildman–Crippen LogP) is -1.77. The summed E-state index contributed by atoms with van der Waals surface area (Å²) in [6.45, 7) is -0.443. The van der Waals surface area contributed by atoms with Crippen molar-refractivity contribution < 1.29 is 42.7 Å². The average Bonchev–Trinajstić information content (AvgIpc) is 2.86. The molecule has 1 fully saturated rings. The number of aliphatic hydroxyl groups is 2. The number of amides is 2. The lowest BCUT2D eigenvalue weighted by molar-refractivity contribution is -0.133. The lowest BCUT2D eigenvalue weighted by Crippen LogP contribution is -2.54. The van der Waals surface area contributed by atoms with Crippen LogP contribution in [0.2, 0.25) is 0 Å². The van der Waals surface area contributed by atoms with Crippen molar-refractivity contribution >= 4 is 19.6 Å². The second kappa shape index (κ2) is 8.86. The first-order valence-electron chi connectivity index (χ1n) is 8.67. The van der Waals surface area contributed by atoms with E-state index in [9.17, 15) is 24.4 Å². The van der Waals surface area contributed by atoms with Gasteiger partial charge in [-0.25, -0.2) is 4.57 Å². The molecule has 0 aliphatic carbocycles. The fourth-order valence-corrected chi connectivity index (χ4v) is 3.93. The molecule has 2 amide bonds. The largest absolute Gasteiger partial charge is 0.475 e. The molecule has 29 heavy (non-hydrogen) atoms. The number of hydrogen-bond donors (Lipinski definition) is 5. The van der Waals surface area contributed by atoms with Crippen LogP contribution in [0.1, 0.15) is 11.1 Å². The Hall–Kier alpha value is -1.89. The minimum atomic E-state index is -3.96. The molecule has 0 spiro atoms. The number of carbonyl (C=O) groups is 2. The van der Waals surface area contributed by atoms with Crippen molar-refractivity contribution in [3.8, 4) is 0 Å². The molecule has 0 radical (unpaired) electrons. The molecule has 160 valence electrons. The zero-order valence-electron chi connectivity index (χ0n) is 15.2. The number of ether oxygens (including phenoxy) is 1. The number of fused-ring (bicyclic) bond motifs is 1. The summed E-state index contributed by atoms with van der Waals surface area (Å²) in [6, 6.07) is 5.57. The molecule has 1 aromatic rings. The van der Waals surface area contributed by atoms with E-state index in [4.69, 9.17) is 29.8 Å². The summed E-state index contributed by atoms with van der Waals surface area (Å²) >= 11 is 0. The maximum Gasteiger partial charge on any atom is 0.475 e. The number of rotatable bonds is 6. The van der Waals surface area contributed by atoms with Gasteiger partial charge in [-0.15, -0.1) is 0 Å². The fraction of sp³-hybridized carbons (Fsp3) is 0.500. The maximum atomic E-state index is 12.7. The molecule has 2 aliphatic heterocycles. The third kappa shape index (κ3) is 5.00. The van der Waals surface area contributed by atoms with Crippen LogP contribution in [0.15, 0.2) is 24.3 Å². The lowest BCUT2D eigenvalue weighted by Gasteiger charge is -2.19. The van der Waals surface area contributed by atoms with Crippen LogP contribution in [0.3, 0.4) is 0 Å². The van der Waals surface area contributed by atoms with E-state index in [1.165, 1.54) is 0 Å². The molecular weight excluding hydrogens is 409 g/mol. The van der Waals surface area contributed by atoms with E-state index in [0.29, 0.717) is 0 Å². The molecule has 12 nitrogen and oxygen atoms in total. The third-order valence-electron chi connectivity index (χ3n) is 4.51. The van der Waals surface area contributed by atoms with Gasteiger partial charge < -0.3 is 31.7 Å². The molecule has 0 bridgehead atoms. The minimum absolute atomic E-state index is 0.00778. The van der Waals surface area contributed by atoms with E-state index in [-0.39, 0.29) is 13.2 Å². The number of carbonyl (C=O) groups excluding carboxylic acids is 2. The van der Waals surface area contributed by atoms with Gasteiger partial charge in [-0.3, -0.25) is 23.2 Å². The quantitative estimate of drug-likeness (QED) is 0.254. The number of benzene rings is 1. The molecule has 7 N–H and O–H groups in total. The number of primary amides is 1. The Kier molecular flexibility index (Phi) is 6.66. The molecule has 5 atom stereocenters. The number of phosphoric ester groups is 1. The number of hydrogen-bond acceptors (Lipinski definition) is 10. The number of nitrogens with one attached hydrogen (secondary N) is 1. The molecule has 2 heterocycles. The molecular formula is C16H22N3O9P. The van der Waals surface area contributed by atoms with Crippen LogP contribution in [0, 0.1) is 0 Å². The van der Waals surface area contributed by atoms with Gasteiger partial charge in [-0.2, -0.15) is 0 Å². The normalized spacial score (nSPS) is 29.5. The Labute approximate surface area is 165 Å². The van der Waals surface area contributed by atoms with Crippen molar-refractivity contribution in [3.63, 3.8) is 0 Å². The summed E-state index contributed by atoms with van der Waals surface area (Å²) in [5.74, 6) is -2.06. The summed E-state index contributed by atoms with van der Waals surface area (Å²) in [7, 11) is -3.96. The van der Waals surface area contributed by atoms with Crippen LogP contribution >= 0.6 is 7.82 Å². The first-order valence-corrected chi connectivity index (χ1v) is 10.1. The van der Waals surface area contributed by atoms with Crippen molar-refractivity contribution in [1.82, 2.24) is 5.32 Å². The monoisotopic (exact) mass is 431 g/mol. The number of aliphatic hydroxyl groups excluding tert-OH is 2. The van der Waals surface area contributed by atoms with Crippen LogP contribution in [0.25, 0.3) is 0 Å². The second-order valence-electron chi connectivity index (χ2n) is 6.52. The van der Waals surface area contributed by atoms with Crippen molar-refractivity contribution in [2.45, 2.75) is 43.8 Å². The van der Waals surface area contributed by atoms with Gasteiger partial charge in [0.05, 0.1) is 19.8 Å². The molecule has 0 aromatic heterocycles. The van der Waals surface area contributed by atoms with E-state index < -0.39 is 56.8 Å². The van der Waals surface area contributed by atoms with E-state index in [0.717, 1.165) is 11.1 Å². The molecule has 0 saturated carbocycles. The highest BCUT2D eigenvalue weighted by Gasteiger charge is 2.45. The summed E-state index contributed by atoms with van der Waals surface area (Å²) in [5.41, 5.74) is 11.8. The molecule has 1 saturated heterocycles. The first-order chi connectivity index (χ1) is 13.7. The number of phosphoric acid groups is 1. The van der Waals surface area contributed by atoms with Gasteiger partial charge >= 0.3 is 7.82 Å². The standard InChI is InChI=1S/C16H22N3O9P/c17-11(14(18)22)15(23)19-16-13(21)12(20)10(28-16)7-27-29(24)25-5-8-3-1-2-4-9(8)6-26-29/h1-4,10-13,16,20-21H,5-7,17H2,(H2,18,22)(H,19,23)/t10-,11?,12-,13-,16-/m1/s1. The van der Waals surface area contributed by atoms with Crippen molar-refractivity contribution in [2.24, 2.45) is 11.5 Å². The molecule has 1 unspecified atom stereocenters. The summed E-state index contributed by atoms with van der Waals surface area (Å²) in [6.07, 6.45) is -5.57. The van der Waals surface area contributed by atoms with E-state index in [1.807, 2.05) is 12.1 Å². The average molecular weight is 431 g/mol. The lowest BCUT2D eigenvalue weighted by atomic mass is 10.1. The first kappa shape index (κ1) is 21.8. The van der Waals surface area contributed by atoms with Gasteiger partial charge in [0.25, 0.3) is 0 Å². The summed E-state index contributed by atoms with van der Waals surface area (Å²) in [5, 5.41) is 22.3. The molecule has 1 aromatic carbocycles. The third-order valence-corrected chi connectivity index (χ3v) is 5.86. The fourth-order valence-electron chi connectivity index (χ4n) is 2.78. The highest BCUT2D eigenvalue weighted by molar-refractivity contribution is 7.48. The zero-order valence-corrected chi connectivity index (χ0v) is 16.1. The van der Waals surface area contributed by atoms with Gasteiger partial charge in [0.1, 0.15) is 18.3 Å². The topological polar surface area (TPSA) is 193 Å². The maximum absolute atomic E-state index is 12.7. The number of nitrogens with two attached hydrogens (primary N) is 2. The highest BCUT2D eigenvalue weighted by atomic mass is 31.2. The van der Waals surface area contributed by atoms with Gasteiger partial charge in [0.15, 0.2) is 12.3 Å². The smallest absolute Gasteiger partial charge is 0.387 e. The van der Waals surface area contributed by atoms with Crippen molar-refractivity contribution in [3.05, 3.63) is 35.4 Å². The Morgan fingerprint density at radius 2 is 1.79 bits per heavy atom. The Morgan fingerprint density at radius 3 is 2.34 bits per heavy atom. The molecule has 3 rings (SSSR count). The molecule has 13 heteroatoms. The Morgan fingerprint density at radius 1 is 1.21 bits per heavy atom. The van der Waals surface area contributed by atoms with E-state index in [2.05, 4.69) is 5.32 Å². The Balaban J connectivity index is 1.56. The SMILES string of the molecule is NC(=O)C(N)C(=O)N[C@@H]1O[C@H](COP2(=O)OCc3ccccc3CO2)[C@@H](O)[C@H]1O. The van der Waals surface area contributed by atoms with Gasteiger partial charge in [-0.05, 0) is 11.1 Å². The van der Waals surface area contributed by atoms with Crippen molar-refractivity contribution in [2.75, 3.05) is 6.61 Å². The van der Waals surface area contributed by atoms with Crippen LogP contribution in [-0.2, 0) is 45.7 Å². The van der Waals surface area contributed by atoms with Crippen LogP contribution in [0.5, 0.6) is 0 Å². The van der Waals surface area contributed by atoms with E-state index in [1.54, 1.807) is 12.1 Å². The van der Waals surface area contributed by atoms with Crippen LogP contribution in [-0.4, -0.2) is 59.2 Å². The van der Waals surface area contributed by atoms with Gasteiger partial charge in [-0.1, -0.05) is 24.3 Å². The van der Waals surface area contributed by atoms with Crippen molar-refractivity contribution in [1.29, 1.82) is 0 Å². The highest BCUT2D eigenvalue weighted by Crippen LogP contribution is 2.53. The second-order valence-corrected chi connectivity index (χ2v) is 8.19. The van der Waals surface area contributed by atoms with Crippen LogP contribution < -0.4 is 16.8 Å². The van der Waals surface area contributed by atoms with Gasteiger partial charge in [0.2, 0.25) is 11.8 Å². The minimum Gasteiger partial charge on any atom is -0.387 e. The predicted molar refractivity (Wildman–Crippen MR) is 95.6 cm³/mol. The summed E-state index contributed by atoms with van der Waals surface area (Å²) in [4.78, 5) is 22.7. The Bertz CT molecular complexity index is 792. The van der Waals surface area contributed by atoms with Crippen LogP contribution in [0.4, 0.5) is 0 Å².